The summed E-state index contributed by atoms with van der Waals surface area (Å²) in [6, 6.07) is 11.6. The van der Waals surface area contributed by atoms with Crippen molar-refractivity contribution in [3.63, 3.8) is 0 Å². The molecular weight excluding hydrogens is 310 g/mol. The van der Waals surface area contributed by atoms with E-state index in [-0.39, 0.29) is 11.9 Å². The van der Waals surface area contributed by atoms with Crippen molar-refractivity contribution in [2.45, 2.75) is 18.9 Å². The highest BCUT2D eigenvalue weighted by molar-refractivity contribution is 7.21. The number of benzene rings is 1. The molecule has 1 atom stereocenters. The van der Waals surface area contributed by atoms with Crippen LogP contribution in [0.1, 0.15) is 23.4 Å². The lowest BCUT2D eigenvalue weighted by atomic mass is 10.2. The van der Waals surface area contributed by atoms with Gasteiger partial charge in [0, 0.05) is 19.1 Å². The average molecular weight is 327 g/mol. The van der Waals surface area contributed by atoms with Crippen LogP contribution in [-0.2, 0) is 0 Å². The SMILES string of the molecule is NCC1CCCN1C(=O)c1ccc(-c2nc3ccccc3s2)o1. The zero-order valence-corrected chi connectivity index (χ0v) is 13.4. The first-order valence-corrected chi connectivity index (χ1v) is 8.55. The highest BCUT2D eigenvalue weighted by Gasteiger charge is 2.30. The Hall–Kier alpha value is -2.18. The number of furan rings is 1. The standard InChI is InChI=1S/C17H17N3O2S/c18-10-11-4-3-9-20(11)17(21)14-8-7-13(22-14)16-19-12-5-1-2-6-15(12)23-16/h1-2,5-8,11H,3-4,9-10,18H2. The normalized spacial score (nSPS) is 18.0. The Labute approximate surface area is 137 Å². The Kier molecular flexibility index (Phi) is 3.63. The van der Waals surface area contributed by atoms with E-state index >= 15 is 0 Å². The predicted octanol–water partition coefficient (Wildman–Crippen LogP) is 3.12. The molecule has 1 unspecified atom stereocenters. The van der Waals surface area contributed by atoms with Gasteiger partial charge in [-0.3, -0.25) is 4.79 Å². The highest BCUT2D eigenvalue weighted by atomic mass is 32.1. The molecule has 2 aromatic heterocycles. The molecule has 0 aliphatic carbocycles. The second-order valence-electron chi connectivity index (χ2n) is 5.68. The van der Waals surface area contributed by atoms with E-state index < -0.39 is 0 Å². The van der Waals surface area contributed by atoms with Gasteiger partial charge < -0.3 is 15.1 Å². The van der Waals surface area contributed by atoms with Crippen molar-refractivity contribution in [1.29, 1.82) is 0 Å². The lowest BCUT2D eigenvalue weighted by molar-refractivity contribution is 0.0710. The topological polar surface area (TPSA) is 72.4 Å². The van der Waals surface area contributed by atoms with Gasteiger partial charge in [0.25, 0.3) is 5.91 Å². The maximum Gasteiger partial charge on any atom is 0.289 e. The van der Waals surface area contributed by atoms with Gasteiger partial charge in [-0.25, -0.2) is 4.98 Å². The second-order valence-corrected chi connectivity index (χ2v) is 6.71. The first-order chi connectivity index (χ1) is 11.3. The van der Waals surface area contributed by atoms with E-state index in [0.717, 1.165) is 34.6 Å². The minimum Gasteiger partial charge on any atom is -0.448 e. The Morgan fingerprint density at radius 2 is 2.22 bits per heavy atom. The van der Waals surface area contributed by atoms with Crippen LogP contribution in [0.2, 0.25) is 0 Å². The number of hydrogen-bond acceptors (Lipinski definition) is 5. The maximum absolute atomic E-state index is 12.6. The molecular formula is C17H17N3O2S. The van der Waals surface area contributed by atoms with Gasteiger partial charge in [-0.1, -0.05) is 12.1 Å². The van der Waals surface area contributed by atoms with Crippen LogP contribution < -0.4 is 5.73 Å². The number of nitrogens with zero attached hydrogens (tertiary/aromatic N) is 2. The number of nitrogens with two attached hydrogens (primary N) is 1. The van der Waals surface area contributed by atoms with Crippen molar-refractivity contribution in [2.24, 2.45) is 5.73 Å². The summed E-state index contributed by atoms with van der Waals surface area (Å²) in [6.45, 7) is 1.25. The molecule has 1 aliphatic heterocycles. The molecule has 0 saturated carbocycles. The molecule has 2 N–H and O–H groups in total. The molecule has 0 radical (unpaired) electrons. The molecule has 1 aromatic carbocycles. The fourth-order valence-corrected chi connectivity index (χ4v) is 3.96. The first kappa shape index (κ1) is 14.4. The number of para-hydroxylation sites is 1. The molecule has 1 aliphatic rings. The third-order valence-electron chi connectivity index (χ3n) is 4.23. The van der Waals surface area contributed by atoms with Crippen LogP contribution in [0, 0.1) is 0 Å². The molecule has 6 heteroatoms. The van der Waals surface area contributed by atoms with Crippen molar-refractivity contribution in [2.75, 3.05) is 13.1 Å². The summed E-state index contributed by atoms with van der Waals surface area (Å²) >= 11 is 1.56. The van der Waals surface area contributed by atoms with Crippen LogP contribution in [0.4, 0.5) is 0 Å². The number of fused-ring (bicyclic) bond motifs is 1. The molecule has 23 heavy (non-hydrogen) atoms. The van der Waals surface area contributed by atoms with Crippen molar-refractivity contribution in [3.8, 4) is 10.8 Å². The van der Waals surface area contributed by atoms with Gasteiger partial charge in [-0.2, -0.15) is 0 Å². The molecule has 1 saturated heterocycles. The van der Waals surface area contributed by atoms with Gasteiger partial charge in [0.1, 0.15) is 0 Å². The lowest BCUT2D eigenvalue weighted by Gasteiger charge is -2.22. The molecule has 5 nitrogen and oxygen atoms in total. The van der Waals surface area contributed by atoms with E-state index in [1.165, 1.54) is 0 Å². The first-order valence-electron chi connectivity index (χ1n) is 7.73. The largest absolute Gasteiger partial charge is 0.448 e. The molecule has 4 rings (SSSR count). The minimum atomic E-state index is -0.0784. The fourth-order valence-electron chi connectivity index (χ4n) is 3.04. The predicted molar refractivity (Wildman–Crippen MR) is 90.4 cm³/mol. The summed E-state index contributed by atoms with van der Waals surface area (Å²) in [5.41, 5.74) is 6.69. The maximum atomic E-state index is 12.6. The Bertz CT molecular complexity index is 821. The van der Waals surface area contributed by atoms with Crippen LogP contribution in [0.3, 0.4) is 0 Å². The number of amides is 1. The molecule has 3 heterocycles. The molecule has 118 valence electrons. The molecule has 0 spiro atoms. The van der Waals surface area contributed by atoms with E-state index in [1.807, 2.05) is 35.2 Å². The summed E-state index contributed by atoms with van der Waals surface area (Å²) in [7, 11) is 0. The average Bonchev–Trinajstić information content (AvgIpc) is 3.30. The van der Waals surface area contributed by atoms with E-state index in [0.29, 0.717) is 18.1 Å². The van der Waals surface area contributed by atoms with Gasteiger partial charge in [0.2, 0.25) is 0 Å². The smallest absolute Gasteiger partial charge is 0.289 e. The Balaban J connectivity index is 1.62. The number of hydrogen-bond donors (Lipinski definition) is 1. The van der Waals surface area contributed by atoms with Crippen molar-refractivity contribution in [1.82, 2.24) is 9.88 Å². The molecule has 1 fully saturated rings. The fraction of sp³-hybridized carbons (Fsp3) is 0.294. The number of rotatable bonds is 3. The van der Waals surface area contributed by atoms with E-state index in [9.17, 15) is 4.79 Å². The monoisotopic (exact) mass is 327 g/mol. The molecule has 0 bridgehead atoms. The summed E-state index contributed by atoms with van der Waals surface area (Å²) in [5, 5.41) is 0.794. The van der Waals surface area contributed by atoms with Gasteiger partial charge in [-0.05, 0) is 37.1 Å². The van der Waals surface area contributed by atoms with Crippen LogP contribution in [0.25, 0.3) is 21.0 Å². The summed E-state index contributed by atoms with van der Waals surface area (Å²) in [5.74, 6) is 0.919. The highest BCUT2D eigenvalue weighted by Crippen LogP contribution is 2.31. The third kappa shape index (κ3) is 2.54. The van der Waals surface area contributed by atoms with Crippen LogP contribution in [-0.4, -0.2) is 34.9 Å². The van der Waals surface area contributed by atoms with E-state index in [2.05, 4.69) is 4.98 Å². The Morgan fingerprint density at radius 3 is 3.04 bits per heavy atom. The quantitative estimate of drug-likeness (QED) is 0.802. The van der Waals surface area contributed by atoms with E-state index in [4.69, 9.17) is 10.2 Å². The van der Waals surface area contributed by atoms with Crippen molar-refractivity contribution >= 4 is 27.5 Å². The number of carbonyl (C=O) groups is 1. The second kappa shape index (κ2) is 5.79. The summed E-state index contributed by atoms with van der Waals surface area (Å²) in [4.78, 5) is 19.0. The van der Waals surface area contributed by atoms with Crippen LogP contribution in [0.15, 0.2) is 40.8 Å². The van der Waals surface area contributed by atoms with Crippen LogP contribution >= 0.6 is 11.3 Å². The van der Waals surface area contributed by atoms with Crippen molar-refractivity contribution < 1.29 is 9.21 Å². The van der Waals surface area contributed by atoms with Gasteiger partial charge in [0.15, 0.2) is 16.5 Å². The summed E-state index contributed by atoms with van der Waals surface area (Å²) in [6.07, 6.45) is 1.96. The number of likely N-dealkylation sites (tertiary alicyclic amines) is 1. The third-order valence-corrected chi connectivity index (χ3v) is 5.28. The number of thiazole rings is 1. The van der Waals surface area contributed by atoms with Crippen LogP contribution in [0.5, 0.6) is 0 Å². The molecule has 3 aromatic rings. The number of aromatic nitrogens is 1. The van der Waals surface area contributed by atoms with Gasteiger partial charge in [-0.15, -0.1) is 11.3 Å². The molecule has 1 amide bonds. The minimum absolute atomic E-state index is 0.0784. The van der Waals surface area contributed by atoms with Gasteiger partial charge >= 0.3 is 0 Å². The lowest BCUT2D eigenvalue weighted by Crippen LogP contribution is -2.39. The summed E-state index contributed by atoms with van der Waals surface area (Å²) < 4.78 is 6.89. The van der Waals surface area contributed by atoms with Gasteiger partial charge in [0.05, 0.1) is 10.2 Å². The Morgan fingerprint density at radius 1 is 1.35 bits per heavy atom. The zero-order valence-electron chi connectivity index (χ0n) is 12.6. The van der Waals surface area contributed by atoms with Crippen molar-refractivity contribution in [3.05, 3.63) is 42.2 Å². The number of carbonyl (C=O) groups excluding carboxylic acids is 1. The van der Waals surface area contributed by atoms with E-state index in [1.54, 1.807) is 17.4 Å². The zero-order chi connectivity index (χ0) is 15.8.